The van der Waals surface area contributed by atoms with Crippen molar-refractivity contribution in [3.05, 3.63) is 57.6 Å². The predicted octanol–water partition coefficient (Wildman–Crippen LogP) is 1.16. The van der Waals surface area contributed by atoms with Crippen LogP contribution in [0.25, 0.3) is 0 Å². The number of halogens is 2. The van der Waals surface area contributed by atoms with Crippen molar-refractivity contribution in [3.8, 4) is 0 Å². The van der Waals surface area contributed by atoms with E-state index in [9.17, 15) is 0 Å². The van der Waals surface area contributed by atoms with Crippen LogP contribution in [0.3, 0.4) is 0 Å². The van der Waals surface area contributed by atoms with Gasteiger partial charge in [0.05, 0.1) is 0 Å². The summed E-state index contributed by atoms with van der Waals surface area (Å²) in [6, 6.07) is 9.15. The Morgan fingerprint density at radius 2 is 0.857 bits per heavy atom. The zero-order valence-corrected chi connectivity index (χ0v) is 24.4. The Balaban J connectivity index is -0.000000165. The number of rotatable bonds is 0. The third-order valence-electron chi connectivity index (χ3n) is 4.46. The Hall–Kier alpha value is 0.211. The second kappa shape index (κ2) is 15.1. The van der Waals surface area contributed by atoms with Gasteiger partial charge in [-0.25, -0.2) is 12.1 Å². The molecule has 2 aromatic rings. The fourth-order valence-corrected chi connectivity index (χ4v) is 2.34. The first-order valence-electron chi connectivity index (χ1n) is 9.46. The molecule has 0 aliphatic heterocycles. The molecule has 0 unspecified atom stereocenters. The maximum absolute atomic E-state index is 2.29. The monoisotopic (exact) mass is 475 g/mol. The zero-order valence-electron chi connectivity index (χ0n) is 20.1. The molecule has 0 aromatic heterocycles. The molecule has 1 radical (unpaired) electrons. The molecule has 0 saturated carbocycles. The number of hydrogen-bond donors (Lipinski definition) is 0. The molecule has 28 heavy (non-hydrogen) atoms. The summed E-state index contributed by atoms with van der Waals surface area (Å²) < 4.78 is 0. The normalized spacial score (nSPS) is 10.1. The summed E-state index contributed by atoms with van der Waals surface area (Å²) in [5.41, 5.74) is 9.16. The third-order valence-corrected chi connectivity index (χ3v) is 4.46. The molecule has 0 fully saturated rings. The van der Waals surface area contributed by atoms with Crippen LogP contribution in [0, 0.1) is 27.7 Å². The van der Waals surface area contributed by atoms with Crippen molar-refractivity contribution < 1.29 is 46.5 Å². The van der Waals surface area contributed by atoms with Crippen LogP contribution in [0.2, 0.25) is 13.1 Å². The van der Waals surface area contributed by atoms with Gasteiger partial charge in [0.15, 0.2) is 0 Å². The van der Waals surface area contributed by atoms with Gasteiger partial charge in [0.1, 0.15) is 0 Å². The summed E-state index contributed by atoms with van der Waals surface area (Å²) in [4.78, 5) is 0. The SMILES string of the molecule is C[SiH]C.Cc1cc(C(C)(C)C)[cH-]c1C.Cc1cc(C(C)(C)C)[cH-]c1C.[Cl-].[Cl-].[Ti+4]. The minimum absolute atomic E-state index is 0. The van der Waals surface area contributed by atoms with Crippen molar-refractivity contribution in [1.82, 2.24) is 0 Å². The Morgan fingerprint density at radius 1 is 0.643 bits per heavy atom. The summed E-state index contributed by atoms with van der Waals surface area (Å²) in [5, 5.41) is 0. The molecular formula is C24H41Cl2SiTi. The van der Waals surface area contributed by atoms with Gasteiger partial charge in [-0.15, -0.1) is 0 Å². The van der Waals surface area contributed by atoms with E-state index in [1.165, 1.54) is 33.4 Å². The summed E-state index contributed by atoms with van der Waals surface area (Å²) in [6.07, 6.45) is 0. The van der Waals surface area contributed by atoms with Gasteiger partial charge in [-0.1, -0.05) is 82.3 Å². The maximum Gasteiger partial charge on any atom is 4.00 e. The van der Waals surface area contributed by atoms with E-state index in [4.69, 9.17) is 0 Å². The van der Waals surface area contributed by atoms with Crippen molar-refractivity contribution in [3.63, 3.8) is 0 Å². The molecule has 0 bridgehead atoms. The van der Waals surface area contributed by atoms with E-state index in [0.717, 1.165) is 9.52 Å². The first-order chi connectivity index (χ1) is 11.2. The largest absolute Gasteiger partial charge is 4.00 e. The van der Waals surface area contributed by atoms with Crippen LogP contribution >= 0.6 is 0 Å². The molecule has 0 aliphatic carbocycles. The Bertz CT molecular complexity index is 545. The molecule has 0 aliphatic rings. The van der Waals surface area contributed by atoms with Gasteiger partial charge < -0.3 is 24.8 Å². The Morgan fingerprint density at radius 3 is 0.929 bits per heavy atom. The predicted molar refractivity (Wildman–Crippen MR) is 119 cm³/mol. The van der Waals surface area contributed by atoms with E-state index >= 15 is 0 Å². The summed E-state index contributed by atoms with van der Waals surface area (Å²) >= 11 is 0. The smallest absolute Gasteiger partial charge is 1.00 e. The molecule has 159 valence electrons. The van der Waals surface area contributed by atoms with Crippen LogP contribution in [-0.2, 0) is 32.5 Å². The van der Waals surface area contributed by atoms with Crippen LogP contribution in [0.1, 0.15) is 74.9 Å². The second-order valence-electron chi connectivity index (χ2n) is 9.30. The van der Waals surface area contributed by atoms with Crippen LogP contribution in [0.4, 0.5) is 0 Å². The first-order valence-corrected chi connectivity index (χ1v) is 11.8. The molecule has 0 spiro atoms. The molecule has 4 heteroatoms. The van der Waals surface area contributed by atoms with Gasteiger partial charge in [0, 0.05) is 9.52 Å². The summed E-state index contributed by atoms with van der Waals surface area (Å²) in [5.74, 6) is 0. The second-order valence-corrected chi connectivity index (χ2v) is 10.5. The Kier molecular flexibility index (Phi) is 19.2. The van der Waals surface area contributed by atoms with Gasteiger partial charge >= 0.3 is 21.7 Å². The van der Waals surface area contributed by atoms with E-state index < -0.39 is 0 Å². The van der Waals surface area contributed by atoms with E-state index in [1.54, 1.807) is 0 Å². The molecule has 0 atom stereocenters. The van der Waals surface area contributed by atoms with Crippen molar-refractivity contribution in [2.24, 2.45) is 0 Å². The van der Waals surface area contributed by atoms with Crippen LogP contribution in [-0.4, -0.2) is 9.52 Å². The van der Waals surface area contributed by atoms with E-state index in [1.807, 2.05) is 0 Å². The van der Waals surface area contributed by atoms with Gasteiger partial charge in [-0.2, -0.15) is 45.5 Å². The molecule has 2 aromatic carbocycles. The minimum Gasteiger partial charge on any atom is -1.00 e. The fourth-order valence-electron chi connectivity index (χ4n) is 2.34. The molecule has 0 heterocycles. The van der Waals surface area contributed by atoms with Gasteiger partial charge in [-0.05, 0) is 10.8 Å². The van der Waals surface area contributed by atoms with E-state index in [-0.39, 0.29) is 46.5 Å². The van der Waals surface area contributed by atoms with Crippen LogP contribution < -0.4 is 24.8 Å². The zero-order chi connectivity index (χ0) is 20.0. The van der Waals surface area contributed by atoms with Gasteiger partial charge in [0.25, 0.3) is 0 Å². The molecule has 0 amide bonds. The number of hydrogen-bond acceptors (Lipinski definition) is 0. The average Bonchev–Trinajstić information content (AvgIpc) is 2.95. The average molecular weight is 476 g/mol. The summed E-state index contributed by atoms with van der Waals surface area (Å²) in [6.45, 7) is 26.6. The van der Waals surface area contributed by atoms with Crippen molar-refractivity contribution in [2.75, 3.05) is 0 Å². The topological polar surface area (TPSA) is 0 Å². The van der Waals surface area contributed by atoms with E-state index in [2.05, 4.69) is 107 Å². The van der Waals surface area contributed by atoms with Gasteiger partial charge in [0.2, 0.25) is 0 Å². The molecule has 2 rings (SSSR count). The Labute approximate surface area is 205 Å². The maximum atomic E-state index is 2.29. The molecule has 0 nitrogen and oxygen atoms in total. The number of aryl methyl sites for hydroxylation is 4. The van der Waals surface area contributed by atoms with Crippen LogP contribution in [0.15, 0.2) is 24.3 Å². The van der Waals surface area contributed by atoms with Crippen molar-refractivity contribution >= 4 is 9.52 Å². The molecule has 0 N–H and O–H groups in total. The standard InChI is InChI=1S/2C11H17.C2H7Si.2ClH.Ti/c2*1-8-6-10(7-9(8)2)11(3,4)5;1-3-2;;;/h2*6-7H,1-5H3;3H,1-2H3;2*1H;/q2*-1;;;;+4/p-2. The minimum atomic E-state index is 0. The fraction of sp³-hybridized carbons (Fsp3) is 0.583. The third kappa shape index (κ3) is 12.7. The quantitative estimate of drug-likeness (QED) is 0.396. The van der Waals surface area contributed by atoms with Crippen LogP contribution in [0.5, 0.6) is 0 Å². The first kappa shape index (κ1) is 35.6. The van der Waals surface area contributed by atoms with Crippen molar-refractivity contribution in [1.29, 1.82) is 0 Å². The van der Waals surface area contributed by atoms with Gasteiger partial charge in [-0.3, -0.25) is 0 Å². The van der Waals surface area contributed by atoms with E-state index in [0.29, 0.717) is 10.8 Å². The molecule has 0 saturated heterocycles. The molecular weight excluding hydrogens is 435 g/mol. The van der Waals surface area contributed by atoms with Crippen molar-refractivity contribution in [2.45, 2.75) is 93.2 Å². The summed E-state index contributed by atoms with van der Waals surface area (Å²) in [7, 11) is 0.750.